The molecule has 2 aromatic heterocycles. The number of aliphatic hydroxyl groups excluding tert-OH is 1. The zero-order valence-electron chi connectivity index (χ0n) is 16.8. The van der Waals surface area contributed by atoms with Crippen LogP contribution in [-0.4, -0.2) is 32.9 Å². The Kier molecular flexibility index (Phi) is 5.97. The van der Waals surface area contributed by atoms with Crippen LogP contribution in [0.5, 0.6) is 0 Å². The van der Waals surface area contributed by atoms with Crippen molar-refractivity contribution in [3.05, 3.63) is 53.7 Å². The Balaban J connectivity index is 1.49. The predicted octanol–water partition coefficient (Wildman–Crippen LogP) is 3.41. The van der Waals surface area contributed by atoms with E-state index in [4.69, 9.17) is 10.5 Å². The second-order valence-corrected chi connectivity index (χ2v) is 7.83. The van der Waals surface area contributed by atoms with E-state index < -0.39 is 0 Å². The molecule has 2 unspecified atom stereocenters. The highest BCUT2D eigenvalue weighted by molar-refractivity contribution is 5.59. The summed E-state index contributed by atoms with van der Waals surface area (Å²) in [4.78, 5) is 4.50. The van der Waals surface area contributed by atoms with Crippen molar-refractivity contribution in [3.8, 4) is 0 Å². The van der Waals surface area contributed by atoms with E-state index in [1.165, 1.54) is 18.4 Å². The lowest BCUT2D eigenvalue weighted by Crippen LogP contribution is -2.15. The van der Waals surface area contributed by atoms with Gasteiger partial charge in [-0.05, 0) is 43.6 Å². The van der Waals surface area contributed by atoms with Crippen LogP contribution in [0.15, 0.2) is 42.6 Å². The monoisotopic (exact) mass is 395 g/mol. The summed E-state index contributed by atoms with van der Waals surface area (Å²) in [6.07, 6.45) is 4.94. The van der Waals surface area contributed by atoms with Gasteiger partial charge in [-0.15, -0.1) is 0 Å². The number of nitrogen functional groups attached to an aromatic ring is 1. The molecule has 4 rings (SSSR count). The number of nitrogens with two attached hydrogens (primary N) is 1. The van der Waals surface area contributed by atoms with E-state index in [0.29, 0.717) is 36.5 Å². The van der Waals surface area contributed by atoms with E-state index in [1.807, 2.05) is 25.1 Å². The van der Waals surface area contributed by atoms with Crippen molar-refractivity contribution in [2.24, 2.45) is 11.8 Å². The first-order chi connectivity index (χ1) is 14.2. The van der Waals surface area contributed by atoms with Crippen LogP contribution in [0.1, 0.15) is 43.4 Å². The molecule has 1 fully saturated rings. The Hall–Kier alpha value is -2.64. The van der Waals surface area contributed by atoms with Gasteiger partial charge in [-0.25, -0.2) is 4.98 Å². The van der Waals surface area contributed by atoms with Gasteiger partial charge in [0, 0.05) is 24.8 Å². The van der Waals surface area contributed by atoms with Crippen LogP contribution in [0.25, 0.3) is 5.65 Å². The van der Waals surface area contributed by atoms with Crippen molar-refractivity contribution < 1.29 is 9.84 Å². The number of ether oxygens (including phenoxy) is 1. The van der Waals surface area contributed by atoms with Crippen LogP contribution < -0.4 is 11.1 Å². The number of hydrogen-bond donors (Lipinski definition) is 3. The standard InChI is InChI=1S/C22H29N5O2/c1-15(29-14-18(9-10-28)17-7-8-17)19-13-25-27-21(11-20(23)26-22(19)27)24-12-16-5-3-2-4-6-16/h2-6,11,13,15,17-18,24,28H,7-10,12,14H2,1H3,(H2,23,26). The summed E-state index contributed by atoms with van der Waals surface area (Å²) >= 11 is 0. The Morgan fingerprint density at radius 1 is 1.31 bits per heavy atom. The fourth-order valence-corrected chi connectivity index (χ4v) is 3.75. The minimum Gasteiger partial charge on any atom is -0.396 e. The highest BCUT2D eigenvalue weighted by Gasteiger charge is 2.31. The summed E-state index contributed by atoms with van der Waals surface area (Å²) in [7, 11) is 0. The van der Waals surface area contributed by atoms with Crippen molar-refractivity contribution in [3.63, 3.8) is 0 Å². The molecule has 4 N–H and O–H groups in total. The van der Waals surface area contributed by atoms with Crippen LogP contribution in [0.4, 0.5) is 11.6 Å². The van der Waals surface area contributed by atoms with E-state index in [1.54, 1.807) is 16.8 Å². The maximum Gasteiger partial charge on any atom is 0.165 e. The number of anilines is 2. The summed E-state index contributed by atoms with van der Waals surface area (Å²) in [6.45, 7) is 3.54. The van der Waals surface area contributed by atoms with Gasteiger partial charge in [-0.2, -0.15) is 9.61 Å². The summed E-state index contributed by atoms with van der Waals surface area (Å²) in [5.41, 5.74) is 8.87. The van der Waals surface area contributed by atoms with Gasteiger partial charge in [0.1, 0.15) is 11.6 Å². The predicted molar refractivity (Wildman–Crippen MR) is 113 cm³/mol. The van der Waals surface area contributed by atoms with E-state index in [0.717, 1.165) is 17.8 Å². The molecule has 1 saturated carbocycles. The SMILES string of the molecule is CC(OCC(CCO)C1CC1)c1cnn2c(NCc3ccccc3)cc(N)nc12. The molecule has 0 bridgehead atoms. The first kappa shape index (κ1) is 19.7. The quantitative estimate of drug-likeness (QED) is 0.487. The molecule has 154 valence electrons. The van der Waals surface area contributed by atoms with Crippen molar-refractivity contribution in [1.82, 2.24) is 14.6 Å². The van der Waals surface area contributed by atoms with Crippen molar-refractivity contribution in [1.29, 1.82) is 0 Å². The van der Waals surface area contributed by atoms with Gasteiger partial charge in [0.05, 0.1) is 18.9 Å². The van der Waals surface area contributed by atoms with Gasteiger partial charge < -0.3 is 20.9 Å². The number of aliphatic hydroxyl groups is 1. The minimum absolute atomic E-state index is 0.149. The van der Waals surface area contributed by atoms with E-state index in [2.05, 4.69) is 27.5 Å². The van der Waals surface area contributed by atoms with Gasteiger partial charge in [0.2, 0.25) is 0 Å². The Morgan fingerprint density at radius 2 is 2.10 bits per heavy atom. The first-order valence-electron chi connectivity index (χ1n) is 10.3. The van der Waals surface area contributed by atoms with Gasteiger partial charge in [0.25, 0.3) is 0 Å². The van der Waals surface area contributed by atoms with Gasteiger partial charge in [-0.1, -0.05) is 30.3 Å². The molecular weight excluding hydrogens is 366 g/mol. The molecule has 1 aliphatic rings. The topological polar surface area (TPSA) is 97.7 Å². The van der Waals surface area contributed by atoms with Crippen LogP contribution in [0.3, 0.4) is 0 Å². The highest BCUT2D eigenvalue weighted by atomic mass is 16.5. The lowest BCUT2D eigenvalue weighted by atomic mass is 10.0. The molecule has 1 aromatic carbocycles. The molecule has 29 heavy (non-hydrogen) atoms. The van der Waals surface area contributed by atoms with Gasteiger partial charge in [0.15, 0.2) is 5.65 Å². The molecule has 0 spiro atoms. The fraction of sp³-hybridized carbons (Fsp3) is 0.455. The van der Waals surface area contributed by atoms with Crippen molar-refractivity contribution in [2.45, 2.75) is 38.8 Å². The van der Waals surface area contributed by atoms with Crippen molar-refractivity contribution in [2.75, 3.05) is 24.3 Å². The second kappa shape index (κ2) is 8.80. The third kappa shape index (κ3) is 4.68. The molecule has 0 radical (unpaired) electrons. The average molecular weight is 396 g/mol. The molecule has 0 aliphatic heterocycles. The molecular formula is C22H29N5O2. The zero-order chi connectivity index (χ0) is 20.2. The average Bonchev–Trinajstić information content (AvgIpc) is 3.49. The van der Waals surface area contributed by atoms with E-state index >= 15 is 0 Å². The number of fused-ring (bicyclic) bond motifs is 1. The summed E-state index contributed by atoms with van der Waals surface area (Å²) in [6, 6.07) is 12.0. The third-order valence-electron chi connectivity index (χ3n) is 5.62. The zero-order valence-corrected chi connectivity index (χ0v) is 16.8. The van der Waals surface area contributed by atoms with Crippen LogP contribution >= 0.6 is 0 Å². The fourth-order valence-electron chi connectivity index (χ4n) is 3.75. The molecule has 3 aromatic rings. The third-order valence-corrected chi connectivity index (χ3v) is 5.62. The lowest BCUT2D eigenvalue weighted by molar-refractivity contribution is 0.0279. The summed E-state index contributed by atoms with van der Waals surface area (Å²) in [5.74, 6) is 2.36. The highest BCUT2D eigenvalue weighted by Crippen LogP contribution is 2.39. The maximum absolute atomic E-state index is 9.30. The molecule has 7 nitrogen and oxygen atoms in total. The molecule has 2 atom stereocenters. The number of benzene rings is 1. The van der Waals surface area contributed by atoms with E-state index in [9.17, 15) is 5.11 Å². The lowest BCUT2D eigenvalue weighted by Gasteiger charge is -2.19. The van der Waals surface area contributed by atoms with Gasteiger partial charge >= 0.3 is 0 Å². The Bertz CT molecular complexity index is 939. The number of hydrogen-bond acceptors (Lipinski definition) is 6. The Labute approximate surface area is 170 Å². The summed E-state index contributed by atoms with van der Waals surface area (Å²) in [5, 5.41) is 17.2. The number of nitrogens with one attached hydrogen (secondary N) is 1. The van der Waals surface area contributed by atoms with Crippen LogP contribution in [0.2, 0.25) is 0 Å². The largest absolute Gasteiger partial charge is 0.396 e. The minimum atomic E-state index is -0.149. The molecule has 0 saturated heterocycles. The van der Waals surface area contributed by atoms with E-state index in [-0.39, 0.29) is 12.7 Å². The second-order valence-electron chi connectivity index (χ2n) is 7.83. The molecule has 0 amide bonds. The first-order valence-corrected chi connectivity index (χ1v) is 10.3. The molecule has 1 aliphatic carbocycles. The normalized spacial score (nSPS) is 16.1. The number of rotatable bonds is 10. The smallest absolute Gasteiger partial charge is 0.165 e. The van der Waals surface area contributed by atoms with Crippen molar-refractivity contribution >= 4 is 17.3 Å². The van der Waals surface area contributed by atoms with Gasteiger partial charge in [-0.3, -0.25) is 0 Å². The maximum atomic E-state index is 9.30. The number of nitrogens with zero attached hydrogens (tertiary/aromatic N) is 3. The number of aromatic nitrogens is 3. The molecule has 2 heterocycles. The summed E-state index contributed by atoms with van der Waals surface area (Å²) < 4.78 is 7.93. The molecule has 7 heteroatoms. The van der Waals surface area contributed by atoms with Crippen LogP contribution in [-0.2, 0) is 11.3 Å². The van der Waals surface area contributed by atoms with Crippen LogP contribution in [0, 0.1) is 11.8 Å². The Morgan fingerprint density at radius 3 is 2.83 bits per heavy atom.